The number of hydrogen-bond acceptors (Lipinski definition) is 3. The number of aromatic nitrogens is 1. The van der Waals surface area contributed by atoms with Crippen molar-refractivity contribution >= 4 is 11.6 Å². The third kappa shape index (κ3) is 5.17. The zero-order valence-corrected chi connectivity index (χ0v) is 17.9. The summed E-state index contributed by atoms with van der Waals surface area (Å²) in [6.07, 6.45) is 4.55. The normalized spacial score (nSPS) is 15.0. The first-order chi connectivity index (χ1) is 15.1. The highest BCUT2D eigenvalue weighted by atomic mass is 19.1. The van der Waals surface area contributed by atoms with Crippen LogP contribution >= 0.6 is 0 Å². The molecule has 5 heteroatoms. The van der Waals surface area contributed by atoms with E-state index in [9.17, 15) is 9.18 Å². The molecule has 0 bridgehead atoms. The van der Waals surface area contributed by atoms with Crippen molar-refractivity contribution in [3.05, 3.63) is 95.6 Å². The van der Waals surface area contributed by atoms with Gasteiger partial charge in [-0.15, -0.1) is 0 Å². The number of carbonyl (C=O) groups is 1. The van der Waals surface area contributed by atoms with Crippen molar-refractivity contribution in [2.75, 3.05) is 18.0 Å². The van der Waals surface area contributed by atoms with Gasteiger partial charge in [0.2, 0.25) is 0 Å². The molecule has 1 aliphatic heterocycles. The van der Waals surface area contributed by atoms with Crippen LogP contribution < -0.4 is 4.90 Å². The number of rotatable bonds is 6. The minimum atomic E-state index is -0.335. The maximum Gasteiger partial charge on any atom is 0.258 e. The quantitative estimate of drug-likeness (QED) is 0.560. The molecule has 4 nitrogen and oxygen atoms in total. The number of carbonyl (C=O) groups excluding carboxylic acids is 1. The van der Waals surface area contributed by atoms with E-state index in [1.165, 1.54) is 17.7 Å². The summed E-state index contributed by atoms with van der Waals surface area (Å²) in [4.78, 5) is 22.2. The fourth-order valence-corrected chi connectivity index (χ4v) is 4.17. The second-order valence-electron chi connectivity index (χ2n) is 8.03. The molecule has 0 N–H and O–H groups in total. The Bertz CT molecular complexity index is 981. The van der Waals surface area contributed by atoms with Gasteiger partial charge in [0.15, 0.2) is 0 Å². The third-order valence-electron chi connectivity index (χ3n) is 5.97. The molecule has 1 amide bonds. The molecular weight excluding hydrogens is 389 g/mol. The number of pyridine rings is 1. The van der Waals surface area contributed by atoms with Gasteiger partial charge in [-0.3, -0.25) is 14.7 Å². The molecule has 3 aromatic rings. The Morgan fingerprint density at radius 2 is 1.74 bits per heavy atom. The number of amides is 1. The van der Waals surface area contributed by atoms with Crippen LogP contribution in [0.15, 0.2) is 72.9 Å². The van der Waals surface area contributed by atoms with Crippen molar-refractivity contribution in [2.24, 2.45) is 0 Å². The molecular formula is C26H28FN3O. The lowest BCUT2D eigenvalue weighted by Gasteiger charge is -2.38. The first-order valence-electron chi connectivity index (χ1n) is 10.9. The summed E-state index contributed by atoms with van der Waals surface area (Å²) in [6, 6.07) is 20.1. The zero-order valence-electron chi connectivity index (χ0n) is 17.9. The lowest BCUT2D eigenvalue weighted by atomic mass is 10.00. The van der Waals surface area contributed by atoms with E-state index in [4.69, 9.17) is 0 Å². The number of aryl methyl sites for hydroxylation is 1. The van der Waals surface area contributed by atoms with Gasteiger partial charge in [-0.2, -0.15) is 0 Å². The Labute approximate surface area is 183 Å². The van der Waals surface area contributed by atoms with Crippen LogP contribution in [0, 0.1) is 5.82 Å². The Kier molecular flexibility index (Phi) is 6.73. The van der Waals surface area contributed by atoms with Crippen LogP contribution in [-0.4, -0.2) is 34.9 Å². The van der Waals surface area contributed by atoms with E-state index in [0.29, 0.717) is 5.56 Å². The molecule has 2 heterocycles. The fraction of sp³-hybridized carbons (Fsp3) is 0.308. The summed E-state index contributed by atoms with van der Waals surface area (Å²) in [5, 5.41) is 0. The standard InChI is InChI=1S/C26H28FN3O/c1-2-20-6-12-24(13-7-20)30(26(31)21-8-10-22(27)11-9-21)25-14-17-29(18-15-25)19-23-5-3-4-16-28-23/h3-13,16,25H,2,14-15,17-19H2,1H3. The molecule has 0 unspecified atom stereocenters. The van der Waals surface area contributed by atoms with Gasteiger partial charge in [-0.1, -0.05) is 25.1 Å². The van der Waals surface area contributed by atoms with Crippen LogP contribution in [-0.2, 0) is 13.0 Å². The second kappa shape index (κ2) is 9.84. The molecule has 1 saturated heterocycles. The highest BCUT2D eigenvalue weighted by Crippen LogP contribution is 2.27. The smallest absolute Gasteiger partial charge is 0.258 e. The molecule has 4 rings (SSSR count). The van der Waals surface area contributed by atoms with Gasteiger partial charge in [-0.05, 0) is 73.4 Å². The van der Waals surface area contributed by atoms with Crippen molar-refractivity contribution in [3.8, 4) is 0 Å². The number of hydrogen-bond donors (Lipinski definition) is 0. The maximum absolute atomic E-state index is 13.5. The molecule has 0 atom stereocenters. The molecule has 0 radical (unpaired) electrons. The first kappa shape index (κ1) is 21.2. The van der Waals surface area contributed by atoms with Gasteiger partial charge >= 0.3 is 0 Å². The molecule has 0 saturated carbocycles. The van der Waals surface area contributed by atoms with E-state index in [1.54, 1.807) is 12.1 Å². The highest BCUT2D eigenvalue weighted by Gasteiger charge is 2.30. The average molecular weight is 418 g/mol. The minimum Gasteiger partial charge on any atom is -0.305 e. The summed E-state index contributed by atoms with van der Waals surface area (Å²) >= 11 is 0. The van der Waals surface area contributed by atoms with Gasteiger partial charge in [0.05, 0.1) is 5.69 Å². The van der Waals surface area contributed by atoms with E-state index < -0.39 is 0 Å². The zero-order chi connectivity index (χ0) is 21.6. The first-order valence-corrected chi connectivity index (χ1v) is 10.9. The van der Waals surface area contributed by atoms with Crippen LogP contribution in [0.4, 0.5) is 10.1 Å². The van der Waals surface area contributed by atoms with Gasteiger partial charge in [0, 0.05) is 43.1 Å². The highest BCUT2D eigenvalue weighted by molar-refractivity contribution is 6.06. The van der Waals surface area contributed by atoms with Crippen LogP contribution in [0.1, 0.15) is 41.4 Å². The molecule has 0 spiro atoms. The Morgan fingerprint density at radius 1 is 1.03 bits per heavy atom. The lowest BCUT2D eigenvalue weighted by Crippen LogP contribution is -2.47. The van der Waals surface area contributed by atoms with E-state index in [0.717, 1.165) is 50.3 Å². The van der Waals surface area contributed by atoms with Crippen molar-refractivity contribution in [1.82, 2.24) is 9.88 Å². The van der Waals surface area contributed by atoms with Crippen molar-refractivity contribution < 1.29 is 9.18 Å². The molecule has 1 fully saturated rings. The summed E-state index contributed by atoms with van der Waals surface area (Å²) < 4.78 is 13.4. The molecule has 0 aliphatic carbocycles. The maximum atomic E-state index is 13.5. The summed E-state index contributed by atoms with van der Waals surface area (Å²) in [6.45, 7) is 4.75. The van der Waals surface area contributed by atoms with Gasteiger partial charge in [0.25, 0.3) is 5.91 Å². The topological polar surface area (TPSA) is 36.4 Å². The Morgan fingerprint density at radius 3 is 2.35 bits per heavy atom. The van der Waals surface area contributed by atoms with Gasteiger partial charge < -0.3 is 4.90 Å². The predicted octanol–water partition coefficient (Wildman–Crippen LogP) is 5.09. The Balaban J connectivity index is 1.53. The number of anilines is 1. The summed E-state index contributed by atoms with van der Waals surface area (Å²) in [7, 11) is 0. The van der Waals surface area contributed by atoms with Crippen LogP contribution in [0.5, 0.6) is 0 Å². The number of likely N-dealkylation sites (tertiary alicyclic amines) is 1. The number of nitrogens with zero attached hydrogens (tertiary/aromatic N) is 3. The monoisotopic (exact) mass is 417 g/mol. The summed E-state index contributed by atoms with van der Waals surface area (Å²) in [5.74, 6) is -0.411. The minimum absolute atomic E-state index is 0.0765. The SMILES string of the molecule is CCc1ccc(N(C(=O)c2ccc(F)cc2)C2CCN(Cc3ccccn3)CC2)cc1. The predicted molar refractivity (Wildman–Crippen MR) is 122 cm³/mol. The number of halogens is 1. The van der Waals surface area contributed by atoms with Crippen molar-refractivity contribution in [1.29, 1.82) is 0 Å². The van der Waals surface area contributed by atoms with Crippen molar-refractivity contribution in [2.45, 2.75) is 38.8 Å². The molecule has 1 aromatic heterocycles. The van der Waals surface area contributed by atoms with Crippen LogP contribution in [0.2, 0.25) is 0 Å². The number of piperidine rings is 1. The van der Waals surface area contributed by atoms with E-state index in [1.807, 2.05) is 41.4 Å². The number of benzene rings is 2. The molecule has 160 valence electrons. The fourth-order valence-electron chi connectivity index (χ4n) is 4.17. The van der Waals surface area contributed by atoms with E-state index in [2.05, 4.69) is 28.9 Å². The summed E-state index contributed by atoms with van der Waals surface area (Å²) in [5.41, 5.74) is 3.71. The van der Waals surface area contributed by atoms with E-state index >= 15 is 0 Å². The van der Waals surface area contributed by atoms with Crippen LogP contribution in [0.3, 0.4) is 0 Å². The molecule has 2 aromatic carbocycles. The van der Waals surface area contributed by atoms with Crippen molar-refractivity contribution in [3.63, 3.8) is 0 Å². The van der Waals surface area contributed by atoms with E-state index in [-0.39, 0.29) is 17.8 Å². The third-order valence-corrected chi connectivity index (χ3v) is 5.97. The van der Waals surface area contributed by atoms with Crippen LogP contribution in [0.25, 0.3) is 0 Å². The molecule has 1 aliphatic rings. The largest absolute Gasteiger partial charge is 0.305 e. The van der Waals surface area contributed by atoms with Gasteiger partial charge in [0.1, 0.15) is 5.82 Å². The van der Waals surface area contributed by atoms with Gasteiger partial charge in [-0.25, -0.2) is 4.39 Å². The second-order valence-corrected chi connectivity index (χ2v) is 8.03. The average Bonchev–Trinajstić information content (AvgIpc) is 2.82. The Hall–Kier alpha value is -3.05. The molecule has 31 heavy (non-hydrogen) atoms. The lowest BCUT2D eigenvalue weighted by molar-refractivity contribution is 0.0958.